The van der Waals surface area contributed by atoms with Gasteiger partial charge in [0.1, 0.15) is 18.5 Å². The highest BCUT2D eigenvalue weighted by atomic mass is 127. The number of halogens is 1. The van der Waals surface area contributed by atoms with E-state index in [0.29, 0.717) is 0 Å². The molecule has 0 radical (unpaired) electrons. The lowest BCUT2D eigenvalue weighted by Crippen LogP contribution is -2.54. The smallest absolute Gasteiger partial charge is 0.356 e. The first-order chi connectivity index (χ1) is 17.0. The fraction of sp³-hybridized carbons (Fsp3) is 0.727. The van der Waals surface area contributed by atoms with E-state index < -0.39 is 43.1 Å². The van der Waals surface area contributed by atoms with Crippen molar-refractivity contribution in [2.75, 3.05) is 25.3 Å². The van der Waals surface area contributed by atoms with Crippen LogP contribution in [0.3, 0.4) is 0 Å². The second kappa shape index (κ2) is 10.8. The maximum Gasteiger partial charge on any atom is 0.356 e. The number of hydrogen-bond donors (Lipinski definition) is 2. The molecular formula is C22H37IN5O7PSi. The number of nitrogens with zero attached hydrogens (tertiary/aromatic N) is 3. The molecule has 0 bridgehead atoms. The second-order valence-electron chi connectivity index (χ2n) is 10.7. The van der Waals surface area contributed by atoms with Gasteiger partial charge in [-0.2, -0.15) is 4.98 Å². The van der Waals surface area contributed by atoms with E-state index in [1.807, 2.05) is 6.92 Å². The lowest BCUT2D eigenvalue weighted by molar-refractivity contribution is -0.129. The van der Waals surface area contributed by atoms with Crippen LogP contribution in [-0.4, -0.2) is 68.8 Å². The number of anilines is 1. The minimum absolute atomic E-state index is 0.0586. The van der Waals surface area contributed by atoms with Crippen LogP contribution < -0.4 is 11.3 Å². The van der Waals surface area contributed by atoms with Crippen molar-refractivity contribution in [3.8, 4) is 0 Å². The molecule has 3 N–H and O–H groups in total. The number of aromatic amines is 1. The molecule has 3 rings (SSSR count). The maximum atomic E-state index is 14.1. The Bertz CT molecular complexity index is 1250. The average Bonchev–Trinajstić information content (AvgIpc) is 3.23. The molecule has 12 nitrogen and oxygen atoms in total. The summed E-state index contributed by atoms with van der Waals surface area (Å²) in [6, 6.07) is -0.939. The molecule has 1 aliphatic rings. The summed E-state index contributed by atoms with van der Waals surface area (Å²) in [4.78, 5) is 37.4. The molecule has 208 valence electrons. The number of carbonyl (C=O) groups is 1. The molecule has 1 aliphatic carbocycles. The molecule has 0 aliphatic heterocycles. The number of ketones is 1. The first-order valence-corrected chi connectivity index (χ1v) is 18.0. The van der Waals surface area contributed by atoms with E-state index in [1.54, 1.807) is 13.8 Å². The van der Waals surface area contributed by atoms with Crippen LogP contribution >= 0.6 is 30.2 Å². The van der Waals surface area contributed by atoms with Crippen molar-refractivity contribution in [1.82, 2.24) is 19.5 Å². The number of imidazole rings is 1. The van der Waals surface area contributed by atoms with Gasteiger partial charge in [0.15, 0.2) is 25.3 Å². The zero-order valence-electron chi connectivity index (χ0n) is 22.5. The highest BCUT2D eigenvalue weighted by molar-refractivity contribution is 14.1. The number of nitrogens with two attached hydrogens (primary N) is 1. The average molecular weight is 670 g/mol. The van der Waals surface area contributed by atoms with Crippen LogP contribution in [0.15, 0.2) is 11.1 Å². The number of H-pyrrole nitrogens is 1. The van der Waals surface area contributed by atoms with Crippen molar-refractivity contribution in [2.24, 2.45) is 0 Å². The van der Waals surface area contributed by atoms with Gasteiger partial charge in [-0.1, -0.05) is 43.4 Å². The third kappa shape index (κ3) is 5.75. The van der Waals surface area contributed by atoms with Crippen LogP contribution in [0.4, 0.5) is 5.95 Å². The number of fused-ring (bicyclic) bond motifs is 1. The second-order valence-corrected chi connectivity index (χ2v) is 18.8. The molecular weight excluding hydrogens is 632 g/mol. The summed E-state index contributed by atoms with van der Waals surface area (Å²) in [6.07, 6.45) is 0.0220. The lowest BCUT2D eigenvalue weighted by atomic mass is 10.00. The van der Waals surface area contributed by atoms with Gasteiger partial charge in [0.05, 0.1) is 29.1 Å². The minimum atomic E-state index is -3.57. The Morgan fingerprint density at radius 1 is 1.24 bits per heavy atom. The quantitative estimate of drug-likeness (QED) is 0.164. The summed E-state index contributed by atoms with van der Waals surface area (Å²) in [5, 5.41) is -0.157. The standard InChI is InChI=1S/C22H37IN5O7PSi/c1-9-33-36(31,34-10-2)12-32-15-14(29)17(22(6,16(15)23)35-37(7,8)21(3,4)5)28-11-25-13-18(28)26-20(24)27-19(13)30/h11,15-17H,9-10,12H2,1-8H3,(H3,24,26,27,30)/t15-,16+,17+,22+/m0/s1. The molecule has 2 aromatic rings. The number of ether oxygens (including phenoxy) is 1. The molecule has 1 fully saturated rings. The highest BCUT2D eigenvalue weighted by Gasteiger charge is 2.62. The van der Waals surface area contributed by atoms with Crippen LogP contribution in [0, 0.1) is 0 Å². The number of hydrogen-bond acceptors (Lipinski definition) is 10. The number of aromatic nitrogens is 4. The lowest BCUT2D eigenvalue weighted by Gasteiger charge is -2.46. The topological polar surface area (TPSA) is 161 Å². The molecule has 37 heavy (non-hydrogen) atoms. The summed E-state index contributed by atoms with van der Waals surface area (Å²) < 4.78 is 37.8. The van der Waals surface area contributed by atoms with Gasteiger partial charge in [-0.15, -0.1) is 0 Å². The molecule has 0 saturated heterocycles. The molecule has 0 amide bonds. The van der Waals surface area contributed by atoms with Crippen LogP contribution in [0.5, 0.6) is 0 Å². The third-order valence-corrected chi connectivity index (χ3v) is 15.2. The van der Waals surface area contributed by atoms with E-state index in [9.17, 15) is 14.2 Å². The molecule has 2 heterocycles. The van der Waals surface area contributed by atoms with Crippen molar-refractivity contribution < 1.29 is 27.6 Å². The molecule has 4 atom stereocenters. The summed E-state index contributed by atoms with van der Waals surface area (Å²) >= 11 is 2.16. The van der Waals surface area contributed by atoms with Crippen LogP contribution in [0.2, 0.25) is 18.1 Å². The van der Waals surface area contributed by atoms with Gasteiger partial charge in [-0.3, -0.25) is 19.1 Å². The zero-order valence-corrected chi connectivity index (χ0v) is 26.6. The number of Topliss-reactive ketones (excluding diaryl/α,β-unsaturated/α-hetero) is 1. The SMILES string of the molecule is CCOP(=O)(CO[C@H]1C(=O)[C@@H](n2cnc3c(=O)[nH]c(N)nc32)[C@](C)(O[Si](C)(C)C(C)(C)C)[C@@H]1I)OCC. The summed E-state index contributed by atoms with van der Waals surface area (Å²) in [6.45, 7) is 16.2. The van der Waals surface area contributed by atoms with Gasteiger partial charge >= 0.3 is 7.60 Å². The number of alkyl halides is 1. The normalized spacial score (nSPS) is 25.3. The number of nitrogen functional groups attached to an aromatic ring is 1. The zero-order chi connectivity index (χ0) is 28.0. The van der Waals surface area contributed by atoms with Gasteiger partial charge in [-0.05, 0) is 38.9 Å². The molecule has 0 spiro atoms. The summed E-state index contributed by atoms with van der Waals surface area (Å²) in [5.41, 5.74) is 4.45. The van der Waals surface area contributed by atoms with Crippen molar-refractivity contribution >= 4 is 61.4 Å². The van der Waals surface area contributed by atoms with Crippen LogP contribution in [0.1, 0.15) is 47.6 Å². The molecule has 15 heteroatoms. The first kappa shape index (κ1) is 30.4. The van der Waals surface area contributed by atoms with Crippen molar-refractivity contribution in [1.29, 1.82) is 0 Å². The van der Waals surface area contributed by atoms with Crippen molar-refractivity contribution in [3.05, 3.63) is 16.7 Å². The Morgan fingerprint density at radius 3 is 2.38 bits per heavy atom. The van der Waals surface area contributed by atoms with E-state index in [4.69, 9.17) is 23.9 Å². The Labute approximate surface area is 231 Å². The Morgan fingerprint density at radius 2 is 1.84 bits per heavy atom. The highest BCUT2D eigenvalue weighted by Crippen LogP contribution is 2.53. The van der Waals surface area contributed by atoms with E-state index in [0.717, 1.165) is 0 Å². The molecule has 1 saturated carbocycles. The van der Waals surface area contributed by atoms with E-state index in [-0.39, 0.29) is 47.5 Å². The summed E-state index contributed by atoms with van der Waals surface area (Å²) in [7, 11) is -6.00. The van der Waals surface area contributed by atoms with Gasteiger partial charge < -0.3 is 28.5 Å². The van der Waals surface area contributed by atoms with Crippen molar-refractivity contribution in [3.63, 3.8) is 0 Å². The largest absolute Gasteiger partial charge is 0.408 e. The number of nitrogens with one attached hydrogen (secondary N) is 1. The predicted molar refractivity (Wildman–Crippen MR) is 152 cm³/mol. The van der Waals surface area contributed by atoms with E-state index >= 15 is 0 Å². The number of carbonyl (C=O) groups excluding carboxylic acids is 1. The van der Waals surface area contributed by atoms with Crippen molar-refractivity contribution in [2.45, 2.75) is 81.3 Å². The Hall–Kier alpha value is -1.16. The first-order valence-electron chi connectivity index (χ1n) is 12.1. The Balaban J connectivity index is 2.12. The van der Waals surface area contributed by atoms with Gasteiger partial charge in [0, 0.05) is 0 Å². The Kier molecular flexibility index (Phi) is 8.85. The van der Waals surface area contributed by atoms with Gasteiger partial charge in [0.2, 0.25) is 5.95 Å². The third-order valence-electron chi connectivity index (χ3n) is 6.98. The molecule has 0 unspecified atom stereocenters. The van der Waals surface area contributed by atoms with Crippen LogP contribution in [0.25, 0.3) is 11.2 Å². The summed E-state index contributed by atoms with van der Waals surface area (Å²) in [5.74, 6) is -0.412. The monoisotopic (exact) mass is 669 g/mol. The van der Waals surface area contributed by atoms with Gasteiger partial charge in [0.25, 0.3) is 5.56 Å². The fourth-order valence-corrected chi connectivity index (χ4v) is 8.50. The van der Waals surface area contributed by atoms with Crippen LogP contribution in [-0.2, 0) is 27.6 Å². The van der Waals surface area contributed by atoms with E-state index in [2.05, 4.69) is 71.4 Å². The number of rotatable bonds is 10. The van der Waals surface area contributed by atoms with Gasteiger partial charge in [-0.25, -0.2) is 4.98 Å². The fourth-order valence-electron chi connectivity index (χ4n) is 4.24. The molecule has 2 aromatic heterocycles. The predicted octanol–water partition coefficient (Wildman–Crippen LogP) is 4.02. The molecule has 0 aromatic carbocycles. The van der Waals surface area contributed by atoms with E-state index in [1.165, 1.54) is 10.9 Å². The maximum absolute atomic E-state index is 14.1. The minimum Gasteiger partial charge on any atom is -0.408 e.